The van der Waals surface area contributed by atoms with Gasteiger partial charge in [0.2, 0.25) is 0 Å². The van der Waals surface area contributed by atoms with Crippen LogP contribution in [0.3, 0.4) is 0 Å². The Morgan fingerprint density at radius 3 is 1.71 bits per heavy atom. The Labute approximate surface area is 146 Å². The lowest BCUT2D eigenvalue weighted by Crippen LogP contribution is -2.28. The number of hydrogen-bond donors (Lipinski definition) is 0. The van der Waals surface area contributed by atoms with Gasteiger partial charge in [-0.3, -0.25) is 0 Å². The SMILES string of the molecule is CC(C)(c1[c]cccc1)c1ccccc1C(C)(C)c1ccccc1. The van der Waals surface area contributed by atoms with Crippen molar-refractivity contribution in [2.75, 3.05) is 0 Å². The molecule has 0 bridgehead atoms. The molecule has 0 fully saturated rings. The van der Waals surface area contributed by atoms with E-state index in [9.17, 15) is 0 Å². The molecule has 24 heavy (non-hydrogen) atoms. The van der Waals surface area contributed by atoms with E-state index >= 15 is 0 Å². The van der Waals surface area contributed by atoms with E-state index in [1.165, 1.54) is 22.3 Å². The van der Waals surface area contributed by atoms with Gasteiger partial charge in [-0.15, -0.1) is 0 Å². The van der Waals surface area contributed by atoms with Crippen LogP contribution in [0.1, 0.15) is 49.9 Å². The summed E-state index contributed by atoms with van der Waals surface area (Å²) in [7, 11) is 0. The predicted octanol–water partition coefficient (Wildman–Crippen LogP) is 6.14. The highest BCUT2D eigenvalue weighted by atomic mass is 14.4. The molecule has 0 heterocycles. The van der Waals surface area contributed by atoms with Crippen LogP contribution < -0.4 is 0 Å². The zero-order chi connectivity index (χ0) is 17.2. The molecule has 3 aromatic carbocycles. The largest absolute Gasteiger partial charge is 0.0622 e. The average molecular weight is 313 g/mol. The van der Waals surface area contributed by atoms with Crippen molar-refractivity contribution < 1.29 is 0 Å². The van der Waals surface area contributed by atoms with Crippen molar-refractivity contribution in [2.45, 2.75) is 38.5 Å². The minimum absolute atomic E-state index is 0.0517. The van der Waals surface area contributed by atoms with Gasteiger partial charge >= 0.3 is 0 Å². The van der Waals surface area contributed by atoms with Gasteiger partial charge in [0.15, 0.2) is 0 Å². The highest BCUT2D eigenvalue weighted by Crippen LogP contribution is 2.40. The summed E-state index contributed by atoms with van der Waals surface area (Å²) in [5.74, 6) is 0. The van der Waals surface area contributed by atoms with Crippen LogP contribution in [0.25, 0.3) is 0 Å². The molecule has 1 radical (unpaired) electrons. The summed E-state index contributed by atoms with van der Waals surface area (Å²) in [4.78, 5) is 0. The molecular weight excluding hydrogens is 288 g/mol. The first kappa shape index (κ1) is 16.5. The van der Waals surface area contributed by atoms with Crippen molar-refractivity contribution in [1.82, 2.24) is 0 Å². The number of rotatable bonds is 4. The highest BCUT2D eigenvalue weighted by Gasteiger charge is 2.32. The first-order chi connectivity index (χ1) is 11.4. The third-order valence-electron chi connectivity index (χ3n) is 5.15. The first-order valence-electron chi connectivity index (χ1n) is 8.57. The van der Waals surface area contributed by atoms with Gasteiger partial charge in [0.25, 0.3) is 0 Å². The van der Waals surface area contributed by atoms with Crippen LogP contribution >= 0.6 is 0 Å². The Hall–Kier alpha value is -2.34. The van der Waals surface area contributed by atoms with E-state index in [-0.39, 0.29) is 10.8 Å². The van der Waals surface area contributed by atoms with Gasteiger partial charge in [-0.25, -0.2) is 0 Å². The summed E-state index contributed by atoms with van der Waals surface area (Å²) in [6, 6.07) is 31.3. The van der Waals surface area contributed by atoms with Crippen LogP contribution in [0.5, 0.6) is 0 Å². The van der Waals surface area contributed by atoms with Crippen molar-refractivity contribution in [3.05, 3.63) is 107 Å². The minimum atomic E-state index is -0.0933. The summed E-state index contributed by atoms with van der Waals surface area (Å²) in [5.41, 5.74) is 5.15. The third kappa shape index (κ3) is 2.89. The molecule has 0 aromatic heterocycles. The molecule has 121 valence electrons. The molecule has 0 N–H and O–H groups in total. The second-order valence-corrected chi connectivity index (χ2v) is 7.44. The van der Waals surface area contributed by atoms with E-state index < -0.39 is 0 Å². The fourth-order valence-electron chi connectivity index (χ4n) is 3.51. The summed E-state index contributed by atoms with van der Waals surface area (Å²) in [6.45, 7) is 9.20. The Balaban J connectivity index is 2.16. The zero-order valence-electron chi connectivity index (χ0n) is 15.0. The third-order valence-corrected chi connectivity index (χ3v) is 5.15. The molecule has 0 aliphatic carbocycles. The monoisotopic (exact) mass is 313 g/mol. The molecule has 0 saturated carbocycles. The van der Waals surface area contributed by atoms with Crippen LogP contribution in [0.4, 0.5) is 0 Å². The molecule has 0 amide bonds. The molecule has 0 atom stereocenters. The van der Waals surface area contributed by atoms with Crippen LogP contribution in [0, 0.1) is 6.07 Å². The molecule has 0 nitrogen and oxygen atoms in total. The zero-order valence-corrected chi connectivity index (χ0v) is 15.0. The Kier molecular flexibility index (Phi) is 4.32. The van der Waals surface area contributed by atoms with Crippen molar-refractivity contribution in [2.24, 2.45) is 0 Å². The van der Waals surface area contributed by atoms with Gasteiger partial charge in [0.05, 0.1) is 0 Å². The van der Waals surface area contributed by atoms with Gasteiger partial charge in [-0.1, -0.05) is 107 Å². The van der Waals surface area contributed by atoms with E-state index in [2.05, 4.69) is 100 Å². The van der Waals surface area contributed by atoms with Crippen LogP contribution in [0.2, 0.25) is 0 Å². The summed E-state index contributed by atoms with van der Waals surface area (Å²) < 4.78 is 0. The molecular formula is C24H25. The lowest BCUT2D eigenvalue weighted by Gasteiger charge is -2.35. The predicted molar refractivity (Wildman–Crippen MR) is 102 cm³/mol. The van der Waals surface area contributed by atoms with E-state index in [4.69, 9.17) is 0 Å². The summed E-state index contributed by atoms with van der Waals surface area (Å²) in [6.07, 6.45) is 0. The minimum Gasteiger partial charge on any atom is -0.0622 e. The highest BCUT2D eigenvalue weighted by molar-refractivity contribution is 5.48. The van der Waals surface area contributed by atoms with E-state index in [0.29, 0.717) is 0 Å². The average Bonchev–Trinajstić information content (AvgIpc) is 2.63. The standard InChI is InChI=1S/C24H25/c1-23(2,19-13-7-5-8-14-19)21-17-11-12-18-22(21)24(3,4)20-15-9-6-10-16-20/h5-15,17-18H,1-4H3. The maximum absolute atomic E-state index is 3.43. The number of hydrogen-bond acceptors (Lipinski definition) is 0. The van der Waals surface area contributed by atoms with Crippen molar-refractivity contribution in [1.29, 1.82) is 0 Å². The Bertz CT molecular complexity index is 725. The topological polar surface area (TPSA) is 0 Å². The van der Waals surface area contributed by atoms with Gasteiger partial charge < -0.3 is 0 Å². The van der Waals surface area contributed by atoms with Crippen molar-refractivity contribution >= 4 is 0 Å². The molecule has 0 aliphatic rings. The van der Waals surface area contributed by atoms with Crippen LogP contribution in [-0.4, -0.2) is 0 Å². The molecule has 0 aliphatic heterocycles. The molecule has 0 saturated heterocycles. The Morgan fingerprint density at radius 2 is 1.12 bits per heavy atom. The normalized spacial score (nSPS) is 12.2. The smallest absolute Gasteiger partial charge is 0.0155 e. The Morgan fingerprint density at radius 1 is 0.583 bits per heavy atom. The van der Waals surface area contributed by atoms with E-state index in [0.717, 1.165) is 0 Å². The lowest BCUT2D eigenvalue weighted by atomic mass is 9.68. The van der Waals surface area contributed by atoms with Crippen molar-refractivity contribution in [3.8, 4) is 0 Å². The molecule has 0 spiro atoms. The first-order valence-corrected chi connectivity index (χ1v) is 8.57. The van der Waals surface area contributed by atoms with Crippen LogP contribution in [-0.2, 0) is 10.8 Å². The van der Waals surface area contributed by atoms with E-state index in [1.807, 2.05) is 12.1 Å². The van der Waals surface area contributed by atoms with Gasteiger partial charge in [-0.05, 0) is 28.3 Å². The summed E-state index contributed by atoms with van der Waals surface area (Å²) >= 11 is 0. The molecule has 3 rings (SSSR count). The van der Waals surface area contributed by atoms with Crippen LogP contribution in [0.15, 0.2) is 78.9 Å². The van der Waals surface area contributed by atoms with Gasteiger partial charge in [0, 0.05) is 10.8 Å². The molecule has 0 heteroatoms. The molecule has 0 unspecified atom stereocenters. The lowest BCUT2D eigenvalue weighted by molar-refractivity contribution is 0.578. The quantitative estimate of drug-likeness (QED) is 0.543. The van der Waals surface area contributed by atoms with E-state index in [1.54, 1.807) is 0 Å². The van der Waals surface area contributed by atoms with Gasteiger partial charge in [0.1, 0.15) is 0 Å². The second-order valence-electron chi connectivity index (χ2n) is 7.44. The number of benzene rings is 3. The van der Waals surface area contributed by atoms with Crippen molar-refractivity contribution in [3.63, 3.8) is 0 Å². The summed E-state index contributed by atoms with van der Waals surface area (Å²) in [5, 5.41) is 0. The van der Waals surface area contributed by atoms with Gasteiger partial charge in [-0.2, -0.15) is 0 Å². The maximum Gasteiger partial charge on any atom is 0.0155 e. The maximum atomic E-state index is 3.43. The fourth-order valence-corrected chi connectivity index (χ4v) is 3.51. The fraction of sp³-hybridized carbons (Fsp3) is 0.250. The second kappa shape index (κ2) is 6.28. The molecule has 3 aromatic rings.